The summed E-state index contributed by atoms with van der Waals surface area (Å²) in [6.45, 7) is 5.60. The maximum Gasteiger partial charge on any atom is 0.276 e. The Hall–Kier alpha value is -0.910. The average molecular weight is 339 g/mol. The van der Waals surface area contributed by atoms with Crippen LogP contribution in [0.2, 0.25) is 0 Å². The lowest BCUT2D eigenvalue weighted by Gasteiger charge is -2.40. The standard InChI is InChI=1S/C15H19BrN2O2/c1-9-4-3-5-18(8-9)15(20)12-7-11(16)6-10(2)13(12)17-14(15)19/h6-7,9,20H,3-5,8H2,1-2H3,(H,17,19). The van der Waals surface area contributed by atoms with Crippen LogP contribution in [-0.2, 0) is 10.5 Å². The quantitative estimate of drug-likeness (QED) is 0.827. The van der Waals surface area contributed by atoms with Gasteiger partial charge in [0.05, 0.1) is 5.69 Å². The monoisotopic (exact) mass is 338 g/mol. The fraction of sp³-hybridized carbons (Fsp3) is 0.533. The molecule has 3 rings (SSSR count). The van der Waals surface area contributed by atoms with Crippen LogP contribution < -0.4 is 5.32 Å². The first-order valence-corrected chi connectivity index (χ1v) is 7.81. The lowest BCUT2D eigenvalue weighted by Crippen LogP contribution is -2.54. The second kappa shape index (κ2) is 4.83. The zero-order chi connectivity index (χ0) is 14.5. The fourth-order valence-corrected chi connectivity index (χ4v) is 3.88. The van der Waals surface area contributed by atoms with E-state index in [9.17, 15) is 9.90 Å². The maximum atomic E-state index is 12.4. The lowest BCUT2D eigenvalue weighted by atomic mass is 9.94. The first-order valence-electron chi connectivity index (χ1n) is 7.02. The van der Waals surface area contributed by atoms with Crippen LogP contribution in [0.15, 0.2) is 16.6 Å². The summed E-state index contributed by atoms with van der Waals surface area (Å²) in [4.78, 5) is 14.3. The first kappa shape index (κ1) is 14.0. The predicted molar refractivity (Wildman–Crippen MR) is 81.4 cm³/mol. The summed E-state index contributed by atoms with van der Waals surface area (Å²) in [6, 6.07) is 3.79. The predicted octanol–water partition coefficient (Wildman–Crippen LogP) is 2.59. The molecule has 0 radical (unpaired) electrons. The largest absolute Gasteiger partial charge is 0.364 e. The van der Waals surface area contributed by atoms with Gasteiger partial charge in [-0.05, 0) is 43.4 Å². The number of carbonyl (C=O) groups is 1. The molecule has 108 valence electrons. The lowest BCUT2D eigenvalue weighted by molar-refractivity contribution is -0.163. The van der Waals surface area contributed by atoms with Gasteiger partial charge in [0.1, 0.15) is 0 Å². The van der Waals surface area contributed by atoms with Gasteiger partial charge in [-0.1, -0.05) is 22.9 Å². The van der Waals surface area contributed by atoms with Gasteiger partial charge in [-0.15, -0.1) is 0 Å². The van der Waals surface area contributed by atoms with Gasteiger partial charge in [0.15, 0.2) is 0 Å². The van der Waals surface area contributed by atoms with Crippen molar-refractivity contribution < 1.29 is 9.90 Å². The van der Waals surface area contributed by atoms with E-state index < -0.39 is 5.72 Å². The number of halogens is 1. The molecular weight excluding hydrogens is 320 g/mol. The van der Waals surface area contributed by atoms with Crippen LogP contribution in [0.3, 0.4) is 0 Å². The van der Waals surface area contributed by atoms with E-state index in [-0.39, 0.29) is 5.91 Å². The van der Waals surface area contributed by atoms with Crippen molar-refractivity contribution in [1.82, 2.24) is 4.90 Å². The summed E-state index contributed by atoms with van der Waals surface area (Å²) >= 11 is 3.45. The first-order chi connectivity index (χ1) is 9.42. The number of anilines is 1. The molecule has 2 atom stereocenters. The van der Waals surface area contributed by atoms with Crippen molar-refractivity contribution in [2.45, 2.75) is 32.4 Å². The summed E-state index contributed by atoms with van der Waals surface area (Å²) in [7, 11) is 0. The molecule has 2 heterocycles. The number of likely N-dealkylation sites (tertiary alicyclic amines) is 1. The SMILES string of the molecule is Cc1cc(Br)cc2c1NC(=O)C2(O)N1CCCC(C)C1. The highest BCUT2D eigenvalue weighted by molar-refractivity contribution is 9.10. The minimum atomic E-state index is -1.53. The molecule has 2 aliphatic rings. The smallest absolute Gasteiger partial charge is 0.276 e. The van der Waals surface area contributed by atoms with Gasteiger partial charge in [0.2, 0.25) is 5.72 Å². The summed E-state index contributed by atoms with van der Waals surface area (Å²) in [5.41, 5.74) is 0.851. The number of nitrogens with one attached hydrogen (secondary N) is 1. The summed E-state index contributed by atoms with van der Waals surface area (Å²) in [5.74, 6) is 0.167. The third-order valence-corrected chi connectivity index (χ3v) is 4.80. The van der Waals surface area contributed by atoms with Crippen molar-refractivity contribution in [3.63, 3.8) is 0 Å². The highest BCUT2D eigenvalue weighted by atomic mass is 79.9. The molecule has 0 aromatic heterocycles. The van der Waals surface area contributed by atoms with Gasteiger partial charge in [-0.2, -0.15) is 0 Å². The molecule has 1 aromatic rings. The number of aryl methyl sites for hydroxylation is 1. The Morgan fingerprint density at radius 1 is 1.50 bits per heavy atom. The number of nitrogens with zero attached hydrogens (tertiary/aromatic N) is 1. The molecule has 1 saturated heterocycles. The van der Waals surface area contributed by atoms with Crippen molar-refractivity contribution >= 4 is 27.5 Å². The molecule has 5 heteroatoms. The van der Waals surface area contributed by atoms with Crippen molar-refractivity contribution in [2.24, 2.45) is 5.92 Å². The van der Waals surface area contributed by atoms with Gasteiger partial charge in [-0.3, -0.25) is 9.69 Å². The Kier molecular flexibility index (Phi) is 3.39. The van der Waals surface area contributed by atoms with E-state index >= 15 is 0 Å². The van der Waals surface area contributed by atoms with E-state index in [0.29, 0.717) is 11.5 Å². The van der Waals surface area contributed by atoms with Crippen LogP contribution in [0.5, 0.6) is 0 Å². The number of carbonyl (C=O) groups excluding carboxylic acids is 1. The number of hydrogen-bond acceptors (Lipinski definition) is 3. The third kappa shape index (κ3) is 2.00. The molecule has 2 N–H and O–H groups in total. The van der Waals surface area contributed by atoms with Gasteiger partial charge < -0.3 is 10.4 Å². The molecule has 4 nitrogen and oxygen atoms in total. The minimum Gasteiger partial charge on any atom is -0.364 e. The molecule has 0 bridgehead atoms. The van der Waals surface area contributed by atoms with Gasteiger partial charge in [-0.25, -0.2) is 0 Å². The Balaban J connectivity index is 2.08. The Morgan fingerprint density at radius 2 is 2.25 bits per heavy atom. The average Bonchev–Trinajstić information content (AvgIpc) is 2.64. The molecule has 0 spiro atoms. The Morgan fingerprint density at radius 3 is 2.95 bits per heavy atom. The normalized spacial score (nSPS) is 30.2. The molecule has 1 aromatic carbocycles. The van der Waals surface area contributed by atoms with E-state index in [1.807, 2.05) is 24.0 Å². The molecular formula is C15H19BrN2O2. The van der Waals surface area contributed by atoms with Crippen LogP contribution in [0.25, 0.3) is 0 Å². The van der Waals surface area contributed by atoms with E-state index in [4.69, 9.17) is 0 Å². The zero-order valence-electron chi connectivity index (χ0n) is 11.7. The second-order valence-corrected chi connectivity index (χ2v) is 6.88. The van der Waals surface area contributed by atoms with Gasteiger partial charge in [0, 0.05) is 23.1 Å². The summed E-state index contributed by atoms with van der Waals surface area (Å²) < 4.78 is 0.883. The van der Waals surface area contributed by atoms with Crippen LogP contribution in [-0.4, -0.2) is 29.0 Å². The third-order valence-electron chi connectivity index (χ3n) is 4.35. The van der Waals surface area contributed by atoms with Crippen molar-refractivity contribution in [3.8, 4) is 0 Å². The summed E-state index contributed by atoms with van der Waals surface area (Å²) in [6.07, 6.45) is 2.16. The zero-order valence-corrected chi connectivity index (χ0v) is 13.3. The van der Waals surface area contributed by atoms with E-state index in [1.165, 1.54) is 0 Å². The van der Waals surface area contributed by atoms with Crippen LogP contribution in [0.1, 0.15) is 30.9 Å². The number of amides is 1. The molecule has 2 unspecified atom stereocenters. The second-order valence-electron chi connectivity index (χ2n) is 5.97. The van der Waals surface area contributed by atoms with Crippen LogP contribution in [0.4, 0.5) is 5.69 Å². The molecule has 0 saturated carbocycles. The number of aliphatic hydroxyl groups is 1. The minimum absolute atomic E-state index is 0.331. The van der Waals surface area contributed by atoms with Crippen molar-refractivity contribution in [1.29, 1.82) is 0 Å². The molecule has 1 fully saturated rings. The van der Waals surface area contributed by atoms with Gasteiger partial charge in [0.25, 0.3) is 5.91 Å². The number of hydrogen-bond donors (Lipinski definition) is 2. The van der Waals surface area contributed by atoms with Gasteiger partial charge >= 0.3 is 0 Å². The number of fused-ring (bicyclic) bond motifs is 1. The van der Waals surface area contributed by atoms with E-state index in [1.54, 1.807) is 0 Å². The highest BCUT2D eigenvalue weighted by Crippen LogP contribution is 2.43. The van der Waals surface area contributed by atoms with Crippen LogP contribution in [0, 0.1) is 12.8 Å². The topological polar surface area (TPSA) is 52.6 Å². The van der Waals surface area contributed by atoms with E-state index in [2.05, 4.69) is 28.2 Å². The Bertz CT molecular complexity index is 575. The number of rotatable bonds is 1. The molecule has 1 amide bonds. The maximum absolute atomic E-state index is 12.4. The number of piperidine rings is 1. The Labute approximate surface area is 127 Å². The van der Waals surface area contributed by atoms with Crippen molar-refractivity contribution in [2.75, 3.05) is 18.4 Å². The molecule has 0 aliphatic carbocycles. The van der Waals surface area contributed by atoms with E-state index in [0.717, 1.165) is 41.7 Å². The van der Waals surface area contributed by atoms with Crippen molar-refractivity contribution in [3.05, 3.63) is 27.7 Å². The molecule has 2 aliphatic heterocycles. The van der Waals surface area contributed by atoms with Crippen LogP contribution >= 0.6 is 15.9 Å². The number of benzene rings is 1. The highest BCUT2D eigenvalue weighted by Gasteiger charge is 2.51. The fourth-order valence-electron chi connectivity index (χ4n) is 3.30. The summed E-state index contributed by atoms with van der Waals surface area (Å²) in [5, 5.41) is 13.9. The molecule has 20 heavy (non-hydrogen) atoms.